The molecule has 2 heterocycles. The molecule has 3 N–H and O–H groups in total. The van der Waals surface area contributed by atoms with Crippen LogP contribution in [-0.2, 0) is 19.4 Å². The van der Waals surface area contributed by atoms with Gasteiger partial charge >= 0.3 is 0 Å². The van der Waals surface area contributed by atoms with Gasteiger partial charge in [-0.15, -0.1) is 10.2 Å². The summed E-state index contributed by atoms with van der Waals surface area (Å²) in [6.45, 7) is 3.62. The molecule has 1 aliphatic rings. The van der Waals surface area contributed by atoms with E-state index in [4.69, 9.17) is 5.73 Å². The fourth-order valence-corrected chi connectivity index (χ4v) is 1.65. The lowest BCUT2D eigenvalue weighted by molar-refractivity contribution is 0.616. The molecule has 5 heteroatoms. The highest BCUT2D eigenvalue weighted by Gasteiger charge is 2.12. The fourth-order valence-electron chi connectivity index (χ4n) is 1.65. The first kappa shape index (κ1) is 8.65. The van der Waals surface area contributed by atoms with Gasteiger partial charge in [0.15, 0.2) is 0 Å². The summed E-state index contributed by atoms with van der Waals surface area (Å²) in [7, 11) is 0. The van der Waals surface area contributed by atoms with Crippen molar-refractivity contribution in [2.24, 2.45) is 5.73 Å². The molecule has 1 aliphatic heterocycles. The molecule has 13 heavy (non-hydrogen) atoms. The number of fused-ring (bicyclic) bond motifs is 1. The maximum Gasteiger partial charge on any atom is 0.134 e. The largest absolute Gasteiger partial charge is 0.330 e. The first-order valence-corrected chi connectivity index (χ1v) is 4.73. The number of nitrogens with one attached hydrogen (secondary N) is 1. The highest BCUT2D eigenvalue weighted by atomic mass is 15.3. The van der Waals surface area contributed by atoms with Crippen molar-refractivity contribution in [2.45, 2.75) is 19.4 Å². The molecule has 0 spiro atoms. The quantitative estimate of drug-likeness (QED) is 0.609. The third-order valence-corrected chi connectivity index (χ3v) is 2.31. The Morgan fingerprint density at radius 2 is 2.31 bits per heavy atom. The smallest absolute Gasteiger partial charge is 0.134 e. The van der Waals surface area contributed by atoms with Gasteiger partial charge in [-0.05, 0) is 6.54 Å². The van der Waals surface area contributed by atoms with Crippen LogP contribution in [0.1, 0.15) is 11.6 Å². The van der Waals surface area contributed by atoms with Crippen LogP contribution in [0.2, 0.25) is 0 Å². The van der Waals surface area contributed by atoms with E-state index in [1.165, 1.54) is 0 Å². The molecule has 0 aromatic carbocycles. The molecule has 1 aromatic heterocycles. The van der Waals surface area contributed by atoms with E-state index >= 15 is 0 Å². The zero-order chi connectivity index (χ0) is 9.10. The van der Waals surface area contributed by atoms with Gasteiger partial charge < -0.3 is 15.6 Å². The fraction of sp³-hybridized carbons (Fsp3) is 0.750. The van der Waals surface area contributed by atoms with Gasteiger partial charge in [0.1, 0.15) is 11.6 Å². The number of nitrogens with zero attached hydrogens (tertiary/aromatic N) is 3. The number of aromatic nitrogens is 3. The molecule has 0 aliphatic carbocycles. The highest BCUT2D eigenvalue weighted by molar-refractivity contribution is 4.98. The first-order chi connectivity index (χ1) is 6.42. The van der Waals surface area contributed by atoms with Gasteiger partial charge in [0.05, 0.1) is 0 Å². The van der Waals surface area contributed by atoms with E-state index < -0.39 is 0 Å². The summed E-state index contributed by atoms with van der Waals surface area (Å²) >= 11 is 0. The van der Waals surface area contributed by atoms with Crippen molar-refractivity contribution < 1.29 is 0 Å². The molecule has 72 valence electrons. The minimum atomic E-state index is 0.644. The molecule has 5 nitrogen and oxygen atoms in total. The van der Waals surface area contributed by atoms with E-state index in [-0.39, 0.29) is 0 Å². The summed E-state index contributed by atoms with van der Waals surface area (Å²) in [5.41, 5.74) is 5.50. The van der Waals surface area contributed by atoms with Gasteiger partial charge in [-0.25, -0.2) is 0 Å². The van der Waals surface area contributed by atoms with Crippen LogP contribution in [-0.4, -0.2) is 34.4 Å². The molecule has 0 radical (unpaired) electrons. The monoisotopic (exact) mass is 181 g/mol. The second-order valence-electron chi connectivity index (χ2n) is 3.22. The molecule has 0 atom stereocenters. The number of rotatable bonds is 2. The predicted octanol–water partition coefficient (Wildman–Crippen LogP) is -1.07. The zero-order valence-corrected chi connectivity index (χ0v) is 7.66. The van der Waals surface area contributed by atoms with Crippen molar-refractivity contribution in [2.75, 3.05) is 19.6 Å². The van der Waals surface area contributed by atoms with E-state index in [0.717, 1.165) is 44.1 Å². The SMILES string of the molecule is NCCc1nnc2n1CCNCC2. The van der Waals surface area contributed by atoms with E-state index in [2.05, 4.69) is 20.1 Å². The Morgan fingerprint density at radius 1 is 1.38 bits per heavy atom. The summed E-state index contributed by atoms with van der Waals surface area (Å²) in [6.07, 6.45) is 1.80. The molecule has 0 saturated carbocycles. The summed E-state index contributed by atoms with van der Waals surface area (Å²) in [5.74, 6) is 2.12. The Balaban J connectivity index is 2.23. The van der Waals surface area contributed by atoms with Gasteiger partial charge in [0, 0.05) is 32.5 Å². The van der Waals surface area contributed by atoms with E-state index in [9.17, 15) is 0 Å². The highest BCUT2D eigenvalue weighted by Crippen LogP contribution is 2.05. The summed E-state index contributed by atoms with van der Waals surface area (Å²) < 4.78 is 2.19. The molecular formula is C8H15N5. The standard InChI is InChI=1S/C8H15N5/c9-3-1-7-11-12-8-2-4-10-5-6-13(7)8/h10H,1-6,9H2. The van der Waals surface area contributed by atoms with E-state index in [0.29, 0.717) is 6.54 Å². The predicted molar refractivity (Wildman–Crippen MR) is 49.4 cm³/mol. The maximum absolute atomic E-state index is 5.50. The third kappa shape index (κ3) is 1.71. The molecule has 0 fully saturated rings. The summed E-state index contributed by atoms with van der Waals surface area (Å²) in [6, 6.07) is 0. The Kier molecular flexibility index (Phi) is 2.56. The van der Waals surface area contributed by atoms with Gasteiger partial charge in [-0.3, -0.25) is 0 Å². The topological polar surface area (TPSA) is 68.8 Å². The molecule has 0 bridgehead atoms. The molecule has 0 amide bonds. The third-order valence-electron chi connectivity index (χ3n) is 2.31. The maximum atomic E-state index is 5.50. The summed E-state index contributed by atoms with van der Waals surface area (Å²) in [4.78, 5) is 0. The molecule has 0 saturated heterocycles. The average molecular weight is 181 g/mol. The minimum Gasteiger partial charge on any atom is -0.330 e. The number of nitrogens with two attached hydrogens (primary N) is 1. The number of hydrogen-bond acceptors (Lipinski definition) is 4. The lowest BCUT2D eigenvalue weighted by atomic mass is 10.4. The van der Waals surface area contributed by atoms with Crippen molar-refractivity contribution in [3.8, 4) is 0 Å². The Labute approximate surface area is 77.3 Å². The van der Waals surface area contributed by atoms with E-state index in [1.54, 1.807) is 0 Å². The van der Waals surface area contributed by atoms with Crippen LogP contribution in [0.25, 0.3) is 0 Å². The van der Waals surface area contributed by atoms with Gasteiger partial charge in [-0.2, -0.15) is 0 Å². The molecule has 2 rings (SSSR count). The Bertz CT molecular complexity index is 280. The van der Waals surface area contributed by atoms with Crippen LogP contribution in [0.15, 0.2) is 0 Å². The molecule has 1 aromatic rings. The zero-order valence-electron chi connectivity index (χ0n) is 7.66. The Morgan fingerprint density at radius 3 is 3.15 bits per heavy atom. The van der Waals surface area contributed by atoms with Crippen LogP contribution in [0.4, 0.5) is 0 Å². The van der Waals surface area contributed by atoms with Crippen molar-refractivity contribution in [1.82, 2.24) is 20.1 Å². The number of hydrogen-bond donors (Lipinski definition) is 2. The first-order valence-electron chi connectivity index (χ1n) is 4.73. The lowest BCUT2D eigenvalue weighted by Crippen LogP contribution is -2.18. The second-order valence-corrected chi connectivity index (χ2v) is 3.22. The molecule has 0 unspecified atom stereocenters. The van der Waals surface area contributed by atoms with Gasteiger partial charge in [0.2, 0.25) is 0 Å². The minimum absolute atomic E-state index is 0.644. The summed E-state index contributed by atoms with van der Waals surface area (Å²) in [5, 5.41) is 11.6. The van der Waals surface area contributed by atoms with Crippen LogP contribution in [0, 0.1) is 0 Å². The van der Waals surface area contributed by atoms with E-state index in [1.807, 2.05) is 0 Å². The normalized spacial score (nSPS) is 16.7. The van der Waals surface area contributed by atoms with Crippen molar-refractivity contribution in [3.63, 3.8) is 0 Å². The van der Waals surface area contributed by atoms with Crippen LogP contribution in [0.5, 0.6) is 0 Å². The van der Waals surface area contributed by atoms with Gasteiger partial charge in [0.25, 0.3) is 0 Å². The van der Waals surface area contributed by atoms with Crippen molar-refractivity contribution >= 4 is 0 Å². The second kappa shape index (κ2) is 3.85. The average Bonchev–Trinajstić information content (AvgIpc) is 2.38. The molecular weight excluding hydrogens is 166 g/mol. The van der Waals surface area contributed by atoms with Crippen molar-refractivity contribution in [1.29, 1.82) is 0 Å². The lowest BCUT2D eigenvalue weighted by Gasteiger charge is -2.04. The van der Waals surface area contributed by atoms with Crippen LogP contribution < -0.4 is 11.1 Å². The van der Waals surface area contributed by atoms with Crippen molar-refractivity contribution in [3.05, 3.63) is 11.6 Å². The Hall–Kier alpha value is -0.940. The van der Waals surface area contributed by atoms with Gasteiger partial charge in [-0.1, -0.05) is 0 Å². The van der Waals surface area contributed by atoms with Crippen LogP contribution >= 0.6 is 0 Å². The van der Waals surface area contributed by atoms with Crippen LogP contribution in [0.3, 0.4) is 0 Å².